The lowest BCUT2D eigenvalue weighted by molar-refractivity contribution is -0.123. The number of hydrogen-bond donors (Lipinski definition) is 0. The first-order chi connectivity index (χ1) is 10.8. The van der Waals surface area contributed by atoms with Crippen LogP contribution in [0.2, 0.25) is 0 Å². The van der Waals surface area contributed by atoms with Gasteiger partial charge in [0, 0.05) is 18.8 Å². The van der Waals surface area contributed by atoms with Gasteiger partial charge >= 0.3 is 0 Å². The molecule has 0 saturated heterocycles. The maximum atomic E-state index is 12.1. The average Bonchev–Trinajstić information content (AvgIpc) is 2.53. The Morgan fingerprint density at radius 3 is 1.86 bits per heavy atom. The third kappa shape index (κ3) is 13.0. The van der Waals surface area contributed by atoms with Crippen LogP contribution in [0.4, 0.5) is 0 Å². The van der Waals surface area contributed by atoms with Crippen molar-refractivity contribution in [3.63, 3.8) is 0 Å². The van der Waals surface area contributed by atoms with Gasteiger partial charge in [-0.25, -0.2) is 0 Å². The van der Waals surface area contributed by atoms with Crippen LogP contribution in [0.1, 0.15) is 110 Å². The predicted molar refractivity (Wildman–Crippen MR) is 95.2 cm³/mol. The largest absolute Gasteiger partial charge is 0.303 e. The Bertz CT molecular complexity index is 260. The topological polar surface area (TPSA) is 34.1 Å². The standard InChI is InChI=1S/C20H38O2/c1-3-5-16-19(4-2)20(22)17-14-12-10-8-6-7-9-11-13-15-18-21/h18-19H,3-17H2,1-2H3. The maximum Gasteiger partial charge on any atom is 0.135 e. The number of ketones is 1. The van der Waals surface area contributed by atoms with E-state index in [-0.39, 0.29) is 0 Å². The molecular formula is C20H38O2. The molecule has 0 fully saturated rings. The molecule has 2 nitrogen and oxygen atoms in total. The number of carbonyl (C=O) groups is 2. The molecule has 1 unspecified atom stereocenters. The Morgan fingerprint density at radius 1 is 0.818 bits per heavy atom. The summed E-state index contributed by atoms with van der Waals surface area (Å²) in [6.07, 6.45) is 18.0. The van der Waals surface area contributed by atoms with Gasteiger partial charge in [0.1, 0.15) is 12.1 Å². The van der Waals surface area contributed by atoms with E-state index in [9.17, 15) is 9.59 Å². The Hall–Kier alpha value is -0.660. The molecule has 0 aromatic heterocycles. The van der Waals surface area contributed by atoms with Crippen LogP contribution in [-0.2, 0) is 9.59 Å². The van der Waals surface area contributed by atoms with Gasteiger partial charge in [-0.3, -0.25) is 4.79 Å². The quantitative estimate of drug-likeness (QED) is 0.234. The van der Waals surface area contributed by atoms with Crippen molar-refractivity contribution in [1.29, 1.82) is 0 Å². The minimum absolute atomic E-state index is 0.325. The van der Waals surface area contributed by atoms with Crippen LogP contribution >= 0.6 is 0 Å². The van der Waals surface area contributed by atoms with Crippen LogP contribution in [0.5, 0.6) is 0 Å². The fourth-order valence-electron chi connectivity index (χ4n) is 3.01. The SMILES string of the molecule is CCCCC(CC)C(=O)CCCCCCCCCCCC=O. The molecule has 0 aliphatic rings. The maximum absolute atomic E-state index is 12.1. The highest BCUT2D eigenvalue weighted by Crippen LogP contribution is 2.18. The van der Waals surface area contributed by atoms with Crippen LogP contribution in [-0.4, -0.2) is 12.1 Å². The van der Waals surface area contributed by atoms with Gasteiger partial charge in [0.15, 0.2) is 0 Å². The van der Waals surface area contributed by atoms with E-state index in [0.29, 0.717) is 11.7 Å². The Balaban J connectivity index is 3.37. The van der Waals surface area contributed by atoms with Crippen molar-refractivity contribution < 1.29 is 9.59 Å². The van der Waals surface area contributed by atoms with Gasteiger partial charge in [-0.2, -0.15) is 0 Å². The van der Waals surface area contributed by atoms with Gasteiger partial charge in [0.2, 0.25) is 0 Å². The van der Waals surface area contributed by atoms with Gasteiger partial charge in [-0.1, -0.05) is 71.6 Å². The molecule has 0 rings (SSSR count). The molecular weight excluding hydrogens is 272 g/mol. The molecule has 0 heterocycles. The molecule has 0 aromatic rings. The molecule has 0 amide bonds. The minimum Gasteiger partial charge on any atom is -0.303 e. The number of hydrogen-bond acceptors (Lipinski definition) is 2. The fourth-order valence-corrected chi connectivity index (χ4v) is 3.01. The smallest absolute Gasteiger partial charge is 0.135 e. The van der Waals surface area contributed by atoms with Crippen LogP contribution < -0.4 is 0 Å². The van der Waals surface area contributed by atoms with E-state index in [1.165, 1.54) is 57.8 Å². The van der Waals surface area contributed by atoms with E-state index in [1.807, 2.05) is 0 Å². The van der Waals surface area contributed by atoms with Crippen molar-refractivity contribution in [3.05, 3.63) is 0 Å². The second-order valence-corrected chi connectivity index (χ2v) is 6.60. The van der Waals surface area contributed by atoms with E-state index in [1.54, 1.807) is 0 Å². The lowest BCUT2D eigenvalue weighted by atomic mass is 9.91. The summed E-state index contributed by atoms with van der Waals surface area (Å²) < 4.78 is 0. The minimum atomic E-state index is 0.325. The molecule has 0 saturated carbocycles. The molecule has 130 valence electrons. The summed E-state index contributed by atoms with van der Waals surface area (Å²) in [5.74, 6) is 0.831. The zero-order chi connectivity index (χ0) is 16.5. The third-order valence-corrected chi connectivity index (χ3v) is 4.60. The lowest BCUT2D eigenvalue weighted by Gasteiger charge is -2.12. The van der Waals surface area contributed by atoms with Gasteiger partial charge in [-0.15, -0.1) is 0 Å². The van der Waals surface area contributed by atoms with Crippen LogP contribution in [0, 0.1) is 5.92 Å². The van der Waals surface area contributed by atoms with Crippen LogP contribution in [0.3, 0.4) is 0 Å². The monoisotopic (exact) mass is 310 g/mol. The summed E-state index contributed by atoms with van der Waals surface area (Å²) in [7, 11) is 0. The van der Waals surface area contributed by atoms with Crippen molar-refractivity contribution in [1.82, 2.24) is 0 Å². The Labute approximate surface area is 138 Å². The highest BCUT2D eigenvalue weighted by Gasteiger charge is 2.14. The van der Waals surface area contributed by atoms with Gasteiger partial charge in [0.05, 0.1) is 0 Å². The summed E-state index contributed by atoms with van der Waals surface area (Å²) in [5.41, 5.74) is 0. The van der Waals surface area contributed by atoms with Gasteiger partial charge in [-0.05, 0) is 25.7 Å². The molecule has 1 atom stereocenters. The summed E-state index contributed by atoms with van der Waals surface area (Å²) >= 11 is 0. The molecule has 0 aliphatic heterocycles. The summed E-state index contributed by atoms with van der Waals surface area (Å²) in [6.45, 7) is 4.34. The first-order valence-corrected chi connectivity index (χ1v) is 9.72. The van der Waals surface area contributed by atoms with Crippen molar-refractivity contribution >= 4 is 12.1 Å². The Kier molecular flexibility index (Phi) is 16.2. The van der Waals surface area contributed by atoms with E-state index < -0.39 is 0 Å². The Morgan fingerprint density at radius 2 is 1.36 bits per heavy atom. The molecule has 0 aliphatic carbocycles. The average molecular weight is 311 g/mol. The van der Waals surface area contributed by atoms with E-state index >= 15 is 0 Å². The zero-order valence-corrected chi connectivity index (χ0v) is 15.1. The van der Waals surface area contributed by atoms with E-state index in [0.717, 1.165) is 44.8 Å². The van der Waals surface area contributed by atoms with Gasteiger partial charge in [0.25, 0.3) is 0 Å². The molecule has 0 bridgehead atoms. The van der Waals surface area contributed by atoms with Crippen molar-refractivity contribution in [3.8, 4) is 0 Å². The van der Waals surface area contributed by atoms with Crippen molar-refractivity contribution in [2.45, 2.75) is 110 Å². The lowest BCUT2D eigenvalue weighted by Crippen LogP contribution is -2.13. The second kappa shape index (κ2) is 16.7. The summed E-state index contributed by atoms with van der Waals surface area (Å²) in [4.78, 5) is 22.3. The van der Waals surface area contributed by atoms with Gasteiger partial charge < -0.3 is 4.79 Å². The molecule has 0 spiro atoms. The summed E-state index contributed by atoms with van der Waals surface area (Å²) in [5, 5.41) is 0. The number of rotatable bonds is 17. The van der Waals surface area contributed by atoms with Crippen LogP contribution in [0.15, 0.2) is 0 Å². The molecule has 22 heavy (non-hydrogen) atoms. The van der Waals surface area contributed by atoms with E-state index in [2.05, 4.69) is 13.8 Å². The first-order valence-electron chi connectivity index (χ1n) is 9.72. The third-order valence-electron chi connectivity index (χ3n) is 4.60. The number of aldehydes is 1. The summed E-state index contributed by atoms with van der Waals surface area (Å²) in [6, 6.07) is 0. The number of unbranched alkanes of at least 4 members (excludes halogenated alkanes) is 10. The zero-order valence-electron chi connectivity index (χ0n) is 15.1. The first kappa shape index (κ1) is 21.3. The van der Waals surface area contributed by atoms with Crippen molar-refractivity contribution in [2.24, 2.45) is 5.92 Å². The van der Waals surface area contributed by atoms with E-state index in [4.69, 9.17) is 0 Å². The molecule has 0 aromatic carbocycles. The molecule has 2 heteroatoms. The van der Waals surface area contributed by atoms with Crippen molar-refractivity contribution in [2.75, 3.05) is 0 Å². The molecule has 0 N–H and O–H groups in total. The number of carbonyl (C=O) groups excluding carboxylic acids is 2. The predicted octanol–water partition coefficient (Wildman–Crippen LogP) is 6.26. The van der Waals surface area contributed by atoms with Crippen LogP contribution in [0.25, 0.3) is 0 Å². The molecule has 0 radical (unpaired) electrons. The highest BCUT2D eigenvalue weighted by atomic mass is 16.1. The second-order valence-electron chi connectivity index (χ2n) is 6.60. The number of Topliss-reactive ketones (excluding diaryl/α,β-unsaturated/α-hetero) is 1. The fraction of sp³-hybridized carbons (Fsp3) is 0.900. The normalized spacial score (nSPS) is 12.3. The highest BCUT2D eigenvalue weighted by molar-refractivity contribution is 5.80.